The van der Waals surface area contributed by atoms with E-state index in [1.807, 2.05) is 12.3 Å². The van der Waals surface area contributed by atoms with Crippen molar-refractivity contribution in [2.75, 3.05) is 26.8 Å². The molecule has 41 heavy (non-hydrogen) atoms. The molecular formula is C36H61N3O2. The maximum absolute atomic E-state index is 6.51. The number of methoxy groups -OCH3 is 1. The van der Waals surface area contributed by atoms with Gasteiger partial charge in [-0.1, -0.05) is 71.6 Å². The molecule has 1 fully saturated rings. The minimum atomic E-state index is 0.261. The molecule has 1 aliphatic rings. The maximum atomic E-state index is 6.51. The second kappa shape index (κ2) is 19.5. The van der Waals surface area contributed by atoms with Crippen LogP contribution in [-0.2, 0) is 11.2 Å². The lowest BCUT2D eigenvalue weighted by Gasteiger charge is -2.42. The number of benzene rings is 1. The van der Waals surface area contributed by atoms with Crippen molar-refractivity contribution in [3.63, 3.8) is 0 Å². The molecule has 2 aromatic rings. The quantitative estimate of drug-likeness (QED) is 0.153. The second-order valence-electron chi connectivity index (χ2n) is 12.6. The van der Waals surface area contributed by atoms with Crippen molar-refractivity contribution in [2.24, 2.45) is 11.7 Å². The van der Waals surface area contributed by atoms with Crippen molar-refractivity contribution >= 4 is 10.9 Å². The van der Waals surface area contributed by atoms with E-state index < -0.39 is 0 Å². The number of piperidine rings is 1. The predicted molar refractivity (Wildman–Crippen MR) is 175 cm³/mol. The fraction of sp³-hybridized carbons (Fsp3) is 0.750. The molecule has 1 aromatic heterocycles. The van der Waals surface area contributed by atoms with E-state index in [0.717, 1.165) is 43.1 Å². The molecule has 0 bridgehead atoms. The average molecular weight is 568 g/mol. The van der Waals surface area contributed by atoms with E-state index in [-0.39, 0.29) is 12.1 Å². The van der Waals surface area contributed by atoms with Gasteiger partial charge in [-0.15, -0.1) is 0 Å². The summed E-state index contributed by atoms with van der Waals surface area (Å²) >= 11 is 0. The molecule has 1 saturated heterocycles. The van der Waals surface area contributed by atoms with Gasteiger partial charge in [-0.3, -0.25) is 9.88 Å². The van der Waals surface area contributed by atoms with Gasteiger partial charge in [0.15, 0.2) is 0 Å². The van der Waals surface area contributed by atoms with Gasteiger partial charge in [0.05, 0.1) is 18.7 Å². The van der Waals surface area contributed by atoms with Gasteiger partial charge >= 0.3 is 0 Å². The highest BCUT2D eigenvalue weighted by atomic mass is 16.5. The van der Waals surface area contributed by atoms with Crippen molar-refractivity contribution in [1.29, 1.82) is 0 Å². The van der Waals surface area contributed by atoms with Crippen LogP contribution in [0.4, 0.5) is 0 Å². The lowest BCUT2D eigenvalue weighted by atomic mass is 9.84. The van der Waals surface area contributed by atoms with E-state index in [1.54, 1.807) is 7.11 Å². The summed E-state index contributed by atoms with van der Waals surface area (Å²) in [5, 5.41) is 1.23. The molecule has 5 nitrogen and oxygen atoms in total. The molecule has 0 radical (unpaired) electrons. The number of rotatable bonds is 21. The predicted octanol–water partition coefficient (Wildman–Crippen LogP) is 8.71. The average Bonchev–Trinajstić information content (AvgIpc) is 2.99. The summed E-state index contributed by atoms with van der Waals surface area (Å²) < 4.78 is 12.0. The topological polar surface area (TPSA) is 60.6 Å². The third-order valence-electron chi connectivity index (χ3n) is 9.35. The van der Waals surface area contributed by atoms with Gasteiger partial charge in [-0.05, 0) is 101 Å². The van der Waals surface area contributed by atoms with Gasteiger partial charge in [0.1, 0.15) is 5.75 Å². The minimum absolute atomic E-state index is 0.261. The van der Waals surface area contributed by atoms with Crippen LogP contribution in [0.2, 0.25) is 0 Å². The Morgan fingerprint density at radius 2 is 1.76 bits per heavy atom. The number of hydrogen-bond donors (Lipinski definition) is 1. The zero-order chi connectivity index (χ0) is 29.3. The highest BCUT2D eigenvalue weighted by Crippen LogP contribution is 2.31. The fourth-order valence-electron chi connectivity index (χ4n) is 6.67. The molecule has 0 aliphatic carbocycles. The Kier molecular flexibility index (Phi) is 16.1. The smallest absolute Gasteiger partial charge is 0.119 e. The van der Waals surface area contributed by atoms with Crippen LogP contribution in [0.1, 0.15) is 123 Å². The van der Waals surface area contributed by atoms with Crippen LogP contribution in [0.15, 0.2) is 30.5 Å². The Bertz CT molecular complexity index is 967. The molecule has 3 unspecified atom stereocenters. The number of likely N-dealkylation sites (tertiary alicyclic amines) is 1. The van der Waals surface area contributed by atoms with E-state index in [4.69, 9.17) is 15.2 Å². The first kappa shape index (κ1) is 33.8. The van der Waals surface area contributed by atoms with E-state index >= 15 is 0 Å². The third-order valence-corrected chi connectivity index (χ3v) is 9.35. The van der Waals surface area contributed by atoms with Gasteiger partial charge in [0, 0.05) is 30.3 Å². The minimum Gasteiger partial charge on any atom is -0.497 e. The Balaban J connectivity index is 1.51. The zero-order valence-corrected chi connectivity index (χ0v) is 26.9. The monoisotopic (exact) mass is 567 g/mol. The standard InChI is InChI=1S/C36H61N3O2/c1-5-7-9-11-13-24-39-25-21-30(27-36(39)29(3)41-26-22-32(37)17-12-10-8-6-2)15-14-16-31-20-23-38-35-19-18-33(40-4)28-34(31)35/h18-20,23,28-30,32,36H,5-17,21-22,24-27,37H2,1-4H3/t29?,30-,32?,36?/m1/s1. The number of ether oxygens (including phenoxy) is 2. The summed E-state index contributed by atoms with van der Waals surface area (Å²) in [6.07, 6.45) is 22.4. The number of aryl methyl sites for hydroxylation is 1. The molecular weight excluding hydrogens is 506 g/mol. The van der Waals surface area contributed by atoms with Crippen molar-refractivity contribution < 1.29 is 9.47 Å². The fourth-order valence-corrected chi connectivity index (χ4v) is 6.67. The second-order valence-corrected chi connectivity index (χ2v) is 12.6. The Labute approximate surface area is 252 Å². The first-order valence-corrected chi connectivity index (χ1v) is 17.1. The van der Waals surface area contributed by atoms with Crippen LogP contribution in [0.5, 0.6) is 5.75 Å². The Morgan fingerprint density at radius 3 is 2.54 bits per heavy atom. The largest absolute Gasteiger partial charge is 0.497 e. The molecule has 4 atom stereocenters. The van der Waals surface area contributed by atoms with E-state index in [2.05, 4.69) is 48.9 Å². The first-order chi connectivity index (χ1) is 20.0. The third kappa shape index (κ3) is 11.8. The van der Waals surface area contributed by atoms with Gasteiger partial charge < -0.3 is 15.2 Å². The van der Waals surface area contributed by atoms with Crippen molar-refractivity contribution in [2.45, 2.75) is 142 Å². The zero-order valence-electron chi connectivity index (χ0n) is 26.9. The molecule has 232 valence electrons. The van der Waals surface area contributed by atoms with Crippen LogP contribution in [0.25, 0.3) is 10.9 Å². The highest BCUT2D eigenvalue weighted by Gasteiger charge is 2.32. The summed E-state index contributed by atoms with van der Waals surface area (Å²) in [6, 6.07) is 9.20. The maximum Gasteiger partial charge on any atom is 0.119 e. The summed E-state index contributed by atoms with van der Waals surface area (Å²) in [6.45, 7) is 10.1. The molecule has 0 spiro atoms. The van der Waals surface area contributed by atoms with Crippen molar-refractivity contribution in [1.82, 2.24) is 9.88 Å². The Hall–Kier alpha value is -1.69. The number of fused-ring (bicyclic) bond motifs is 1. The van der Waals surface area contributed by atoms with E-state index in [0.29, 0.717) is 6.04 Å². The van der Waals surface area contributed by atoms with Gasteiger partial charge in [-0.25, -0.2) is 0 Å². The number of pyridine rings is 1. The van der Waals surface area contributed by atoms with Crippen molar-refractivity contribution in [3.8, 4) is 5.75 Å². The number of unbranched alkanes of at least 4 members (excludes halogenated alkanes) is 7. The normalized spacial score (nSPS) is 19.4. The lowest BCUT2D eigenvalue weighted by molar-refractivity contribution is -0.0325. The number of hydrogen-bond acceptors (Lipinski definition) is 5. The highest BCUT2D eigenvalue weighted by molar-refractivity contribution is 5.83. The first-order valence-electron chi connectivity index (χ1n) is 17.1. The molecule has 5 heteroatoms. The molecule has 1 aliphatic heterocycles. The molecule has 1 aromatic carbocycles. The summed E-state index contributed by atoms with van der Waals surface area (Å²) in [5.74, 6) is 1.67. The molecule has 0 amide bonds. The molecule has 2 N–H and O–H groups in total. The van der Waals surface area contributed by atoms with Crippen LogP contribution < -0.4 is 10.5 Å². The summed E-state index contributed by atoms with van der Waals surface area (Å²) in [7, 11) is 1.74. The molecule has 3 rings (SSSR count). The lowest BCUT2D eigenvalue weighted by Crippen LogP contribution is -2.49. The van der Waals surface area contributed by atoms with Crippen LogP contribution in [0.3, 0.4) is 0 Å². The van der Waals surface area contributed by atoms with E-state index in [9.17, 15) is 0 Å². The van der Waals surface area contributed by atoms with E-state index in [1.165, 1.54) is 108 Å². The molecule has 0 saturated carbocycles. The number of aromatic nitrogens is 1. The van der Waals surface area contributed by atoms with Crippen LogP contribution in [0, 0.1) is 5.92 Å². The number of nitrogens with zero attached hydrogens (tertiary/aromatic N) is 2. The van der Waals surface area contributed by atoms with Gasteiger partial charge in [-0.2, -0.15) is 0 Å². The van der Waals surface area contributed by atoms with Gasteiger partial charge in [0.25, 0.3) is 0 Å². The van der Waals surface area contributed by atoms with Crippen LogP contribution >= 0.6 is 0 Å². The molecule has 2 heterocycles. The Morgan fingerprint density at radius 1 is 0.976 bits per heavy atom. The number of nitrogens with two attached hydrogens (primary N) is 1. The van der Waals surface area contributed by atoms with Crippen LogP contribution in [-0.4, -0.2) is 54.9 Å². The SMILES string of the molecule is CCCCCCCN1CC[C@@H](CCCc2ccnc3ccc(OC)cc23)CC1C(C)OCCC(N)CCCCCC. The summed E-state index contributed by atoms with van der Waals surface area (Å²) in [5.41, 5.74) is 8.87. The van der Waals surface area contributed by atoms with Gasteiger partial charge in [0.2, 0.25) is 0 Å². The van der Waals surface area contributed by atoms with Crippen molar-refractivity contribution in [3.05, 3.63) is 36.0 Å². The summed E-state index contributed by atoms with van der Waals surface area (Å²) in [4.78, 5) is 7.33.